The van der Waals surface area contributed by atoms with Crippen LogP contribution >= 0.6 is 11.6 Å². The normalized spacial score (nSPS) is 12.8. The summed E-state index contributed by atoms with van der Waals surface area (Å²) >= 11 is 6.40. The third kappa shape index (κ3) is 2.91. The highest BCUT2D eigenvalue weighted by molar-refractivity contribution is 6.31. The second-order valence-corrected chi connectivity index (χ2v) is 5.22. The van der Waals surface area contributed by atoms with Crippen LogP contribution in [0.2, 0.25) is 5.02 Å². The Morgan fingerprint density at radius 2 is 2.05 bits per heavy atom. The summed E-state index contributed by atoms with van der Waals surface area (Å²) < 4.78 is 7.65. The lowest BCUT2D eigenvalue weighted by Gasteiger charge is -2.11. The minimum atomic E-state index is -0.195. The number of halogens is 1. The van der Waals surface area contributed by atoms with Crippen LogP contribution in [0.3, 0.4) is 0 Å². The van der Waals surface area contributed by atoms with Gasteiger partial charge in [0.05, 0.1) is 22.5 Å². The van der Waals surface area contributed by atoms with Crippen molar-refractivity contribution in [3.63, 3.8) is 0 Å². The molecule has 2 heterocycles. The van der Waals surface area contributed by atoms with E-state index in [2.05, 4.69) is 25.9 Å². The molecule has 1 unspecified atom stereocenters. The Balaban J connectivity index is 2.22. The zero-order chi connectivity index (χ0) is 14.7. The molecule has 2 rings (SSSR count). The number of hydrogen-bond acceptors (Lipinski definition) is 3. The van der Waals surface area contributed by atoms with E-state index in [9.17, 15) is 0 Å². The topological polar surface area (TPSA) is 57.0 Å². The van der Waals surface area contributed by atoms with Crippen molar-refractivity contribution in [1.82, 2.24) is 9.78 Å². The SMILES string of the molecule is CCc1ccc(C(N)Cc2c(Cl)c(CC)nn2CC)o1. The van der Waals surface area contributed by atoms with Gasteiger partial charge in [-0.3, -0.25) is 4.68 Å². The Kier molecular flexibility index (Phi) is 4.89. The maximum atomic E-state index is 6.40. The molecule has 0 aliphatic rings. The van der Waals surface area contributed by atoms with E-state index < -0.39 is 0 Å². The van der Waals surface area contributed by atoms with Crippen LogP contribution in [0.25, 0.3) is 0 Å². The first kappa shape index (κ1) is 15.1. The second-order valence-electron chi connectivity index (χ2n) is 4.84. The first-order valence-corrected chi connectivity index (χ1v) is 7.56. The van der Waals surface area contributed by atoms with E-state index in [-0.39, 0.29) is 6.04 Å². The third-order valence-electron chi connectivity index (χ3n) is 3.50. The Bertz CT molecular complexity index is 574. The van der Waals surface area contributed by atoms with Crippen molar-refractivity contribution in [1.29, 1.82) is 0 Å². The van der Waals surface area contributed by atoms with E-state index in [1.165, 1.54) is 0 Å². The summed E-state index contributed by atoms with van der Waals surface area (Å²) in [6.45, 7) is 6.96. The van der Waals surface area contributed by atoms with Gasteiger partial charge in [0.2, 0.25) is 0 Å². The lowest BCUT2D eigenvalue weighted by Crippen LogP contribution is -2.15. The zero-order valence-electron chi connectivity index (χ0n) is 12.3. The molecule has 0 aromatic carbocycles. The summed E-state index contributed by atoms with van der Waals surface area (Å²) in [5.41, 5.74) is 8.17. The fourth-order valence-electron chi connectivity index (χ4n) is 2.30. The number of nitrogens with zero attached hydrogens (tertiary/aromatic N) is 2. The summed E-state index contributed by atoms with van der Waals surface area (Å²) in [5, 5.41) is 5.26. The van der Waals surface area contributed by atoms with Crippen molar-refractivity contribution in [2.75, 3.05) is 0 Å². The molecule has 1 atom stereocenters. The molecule has 0 aliphatic carbocycles. The molecule has 0 radical (unpaired) electrons. The molecule has 110 valence electrons. The van der Waals surface area contributed by atoms with E-state index in [4.69, 9.17) is 21.8 Å². The molecule has 0 saturated carbocycles. The Hall–Kier alpha value is -1.26. The van der Waals surface area contributed by atoms with Gasteiger partial charge in [-0.15, -0.1) is 0 Å². The smallest absolute Gasteiger partial charge is 0.121 e. The van der Waals surface area contributed by atoms with E-state index in [0.29, 0.717) is 6.42 Å². The molecule has 5 heteroatoms. The van der Waals surface area contributed by atoms with Gasteiger partial charge in [0.15, 0.2) is 0 Å². The van der Waals surface area contributed by atoms with Crippen molar-refractivity contribution in [2.45, 2.75) is 52.6 Å². The molecule has 0 bridgehead atoms. The van der Waals surface area contributed by atoms with Crippen molar-refractivity contribution in [3.05, 3.63) is 40.1 Å². The molecule has 0 fully saturated rings. The Morgan fingerprint density at radius 1 is 1.30 bits per heavy atom. The minimum absolute atomic E-state index is 0.195. The van der Waals surface area contributed by atoms with Crippen LogP contribution in [0.1, 0.15) is 49.7 Å². The first-order chi connectivity index (χ1) is 9.60. The number of aromatic nitrogens is 2. The number of hydrogen-bond donors (Lipinski definition) is 1. The molecule has 2 aromatic rings. The molecule has 0 amide bonds. The maximum Gasteiger partial charge on any atom is 0.121 e. The third-order valence-corrected chi connectivity index (χ3v) is 3.94. The van der Waals surface area contributed by atoms with Gasteiger partial charge < -0.3 is 10.2 Å². The Morgan fingerprint density at radius 3 is 2.60 bits per heavy atom. The van der Waals surface area contributed by atoms with Gasteiger partial charge in [-0.1, -0.05) is 25.4 Å². The fraction of sp³-hybridized carbons (Fsp3) is 0.533. The van der Waals surface area contributed by atoms with Gasteiger partial charge >= 0.3 is 0 Å². The molecule has 0 aliphatic heterocycles. The average Bonchev–Trinajstić information content (AvgIpc) is 3.05. The van der Waals surface area contributed by atoms with Crippen molar-refractivity contribution in [3.8, 4) is 0 Å². The minimum Gasteiger partial charge on any atom is -0.464 e. The predicted molar refractivity (Wildman–Crippen MR) is 81.0 cm³/mol. The van der Waals surface area contributed by atoms with Crippen LogP contribution in [0.4, 0.5) is 0 Å². The predicted octanol–water partition coefficient (Wildman–Crippen LogP) is 3.52. The quantitative estimate of drug-likeness (QED) is 0.887. The number of furan rings is 1. The van der Waals surface area contributed by atoms with E-state index in [0.717, 1.165) is 47.3 Å². The van der Waals surface area contributed by atoms with Crippen LogP contribution < -0.4 is 5.73 Å². The summed E-state index contributed by atoms with van der Waals surface area (Å²) in [7, 11) is 0. The van der Waals surface area contributed by atoms with Gasteiger partial charge in [-0.05, 0) is 25.5 Å². The molecule has 4 nitrogen and oxygen atoms in total. The van der Waals surface area contributed by atoms with E-state index in [1.807, 2.05) is 16.8 Å². The number of rotatable bonds is 6. The highest BCUT2D eigenvalue weighted by atomic mass is 35.5. The van der Waals surface area contributed by atoms with Crippen LogP contribution in [-0.4, -0.2) is 9.78 Å². The monoisotopic (exact) mass is 295 g/mol. The van der Waals surface area contributed by atoms with Gasteiger partial charge in [0.25, 0.3) is 0 Å². The van der Waals surface area contributed by atoms with E-state index in [1.54, 1.807) is 0 Å². The van der Waals surface area contributed by atoms with Gasteiger partial charge in [-0.25, -0.2) is 0 Å². The van der Waals surface area contributed by atoms with Crippen LogP contribution in [0, 0.1) is 0 Å². The molecule has 2 N–H and O–H groups in total. The van der Waals surface area contributed by atoms with Gasteiger partial charge in [0.1, 0.15) is 11.5 Å². The fourth-order valence-corrected chi connectivity index (χ4v) is 2.65. The number of nitrogens with two attached hydrogens (primary N) is 1. The highest BCUT2D eigenvalue weighted by Crippen LogP contribution is 2.26. The van der Waals surface area contributed by atoms with E-state index >= 15 is 0 Å². The largest absolute Gasteiger partial charge is 0.464 e. The zero-order valence-corrected chi connectivity index (χ0v) is 13.1. The molecular formula is C15H22ClN3O. The summed E-state index contributed by atoms with van der Waals surface area (Å²) in [4.78, 5) is 0. The molecule has 0 saturated heterocycles. The second kappa shape index (κ2) is 6.46. The highest BCUT2D eigenvalue weighted by Gasteiger charge is 2.19. The van der Waals surface area contributed by atoms with Crippen molar-refractivity contribution >= 4 is 11.6 Å². The van der Waals surface area contributed by atoms with Crippen molar-refractivity contribution in [2.24, 2.45) is 5.73 Å². The molecular weight excluding hydrogens is 274 g/mol. The van der Waals surface area contributed by atoms with Crippen LogP contribution in [0.15, 0.2) is 16.5 Å². The van der Waals surface area contributed by atoms with Crippen LogP contribution in [0.5, 0.6) is 0 Å². The van der Waals surface area contributed by atoms with Gasteiger partial charge in [-0.2, -0.15) is 5.10 Å². The Labute approximate surface area is 124 Å². The summed E-state index contributed by atoms with van der Waals surface area (Å²) in [6.07, 6.45) is 2.34. The molecule has 0 spiro atoms. The lowest BCUT2D eigenvalue weighted by atomic mass is 10.1. The maximum absolute atomic E-state index is 6.40. The summed E-state index contributed by atoms with van der Waals surface area (Å²) in [5.74, 6) is 1.76. The van der Waals surface area contributed by atoms with Crippen molar-refractivity contribution < 1.29 is 4.42 Å². The number of aryl methyl sites for hydroxylation is 3. The van der Waals surface area contributed by atoms with Crippen LogP contribution in [-0.2, 0) is 25.8 Å². The standard InChI is InChI=1S/C15H22ClN3O/c1-4-10-7-8-14(20-10)11(17)9-13-15(16)12(5-2)18-19(13)6-3/h7-8,11H,4-6,9,17H2,1-3H3. The van der Waals surface area contributed by atoms with Gasteiger partial charge in [0, 0.05) is 19.4 Å². The lowest BCUT2D eigenvalue weighted by molar-refractivity contribution is 0.429. The summed E-state index contributed by atoms with van der Waals surface area (Å²) in [6, 6.07) is 3.73. The first-order valence-electron chi connectivity index (χ1n) is 7.18. The molecule has 20 heavy (non-hydrogen) atoms. The average molecular weight is 296 g/mol. The molecule has 2 aromatic heterocycles.